The van der Waals surface area contributed by atoms with Crippen LogP contribution in [0.1, 0.15) is 5.56 Å². The van der Waals surface area contributed by atoms with E-state index < -0.39 is 22.5 Å². The van der Waals surface area contributed by atoms with Crippen molar-refractivity contribution in [3.8, 4) is 12.3 Å². The molecule has 1 N–H and O–H groups in total. The topological polar surface area (TPSA) is 74.7 Å². The highest BCUT2D eigenvalue weighted by atomic mass is 79.9. The molecule has 7 heteroatoms. The maximum absolute atomic E-state index is 12.4. The van der Waals surface area contributed by atoms with E-state index in [1.807, 2.05) is 0 Å². The Bertz CT molecular complexity index is 634. The number of rotatable bonds is 5. The van der Waals surface area contributed by atoms with Gasteiger partial charge in [-0.3, -0.25) is 4.79 Å². The van der Waals surface area contributed by atoms with Gasteiger partial charge < -0.3 is 5.11 Å². The van der Waals surface area contributed by atoms with E-state index in [0.717, 1.165) is 4.31 Å². The van der Waals surface area contributed by atoms with Gasteiger partial charge in [-0.25, -0.2) is 8.42 Å². The highest BCUT2D eigenvalue weighted by Crippen LogP contribution is 2.23. The van der Waals surface area contributed by atoms with Gasteiger partial charge in [0.15, 0.2) is 0 Å². The zero-order valence-corrected chi connectivity index (χ0v) is 12.5. The van der Waals surface area contributed by atoms with Crippen LogP contribution in [-0.4, -0.2) is 36.9 Å². The summed E-state index contributed by atoms with van der Waals surface area (Å²) in [7, 11) is -3.93. The SMILES string of the molecule is C#CCN(CC(=O)O)S(=O)(=O)c1cc(Br)ccc1C. The van der Waals surface area contributed by atoms with Crippen LogP contribution in [0.25, 0.3) is 0 Å². The molecule has 0 saturated heterocycles. The molecule has 5 nitrogen and oxygen atoms in total. The normalized spacial score (nSPS) is 11.3. The molecule has 0 heterocycles. The maximum Gasteiger partial charge on any atom is 0.318 e. The summed E-state index contributed by atoms with van der Waals surface area (Å²) in [6.45, 7) is 0.674. The average Bonchev–Trinajstić information content (AvgIpc) is 2.31. The smallest absolute Gasteiger partial charge is 0.318 e. The Balaban J connectivity index is 3.30. The third-order valence-corrected chi connectivity index (χ3v) is 4.77. The van der Waals surface area contributed by atoms with Gasteiger partial charge in [0.2, 0.25) is 10.0 Å². The van der Waals surface area contributed by atoms with E-state index in [1.54, 1.807) is 19.1 Å². The molecule has 1 aromatic carbocycles. The largest absolute Gasteiger partial charge is 0.480 e. The molecule has 0 radical (unpaired) electrons. The van der Waals surface area contributed by atoms with Crippen molar-refractivity contribution < 1.29 is 18.3 Å². The highest BCUT2D eigenvalue weighted by Gasteiger charge is 2.27. The van der Waals surface area contributed by atoms with Crippen LogP contribution in [0.4, 0.5) is 0 Å². The zero-order chi connectivity index (χ0) is 14.6. The fraction of sp³-hybridized carbons (Fsp3) is 0.250. The predicted octanol–water partition coefficient (Wildman–Crippen LogP) is 1.47. The lowest BCUT2D eigenvalue weighted by Gasteiger charge is -2.19. The van der Waals surface area contributed by atoms with Gasteiger partial charge in [-0.05, 0) is 24.6 Å². The van der Waals surface area contributed by atoms with E-state index in [4.69, 9.17) is 11.5 Å². The van der Waals surface area contributed by atoms with Gasteiger partial charge in [0, 0.05) is 4.47 Å². The number of benzene rings is 1. The van der Waals surface area contributed by atoms with Crippen molar-refractivity contribution in [3.63, 3.8) is 0 Å². The molecule has 0 spiro atoms. The molecule has 0 aliphatic heterocycles. The Morgan fingerprint density at radius 3 is 2.68 bits per heavy atom. The molecule has 102 valence electrons. The molecule has 0 saturated carbocycles. The molecule has 1 rings (SSSR count). The minimum Gasteiger partial charge on any atom is -0.480 e. The lowest BCUT2D eigenvalue weighted by Crippen LogP contribution is -2.36. The number of halogens is 1. The van der Waals surface area contributed by atoms with Crippen LogP contribution in [0.2, 0.25) is 0 Å². The number of carboxylic acid groups (broad SMARTS) is 1. The minimum atomic E-state index is -3.93. The molecule has 0 atom stereocenters. The van der Waals surface area contributed by atoms with Gasteiger partial charge in [0.1, 0.15) is 6.54 Å². The van der Waals surface area contributed by atoms with Crippen molar-refractivity contribution in [2.45, 2.75) is 11.8 Å². The fourth-order valence-corrected chi connectivity index (χ4v) is 3.54. The molecule has 1 aromatic rings. The molecule has 19 heavy (non-hydrogen) atoms. The Morgan fingerprint density at radius 1 is 1.53 bits per heavy atom. The Labute approximate surface area is 120 Å². The summed E-state index contributed by atoms with van der Waals surface area (Å²) in [5, 5.41) is 8.76. The monoisotopic (exact) mass is 345 g/mol. The number of sulfonamides is 1. The first-order valence-corrected chi connectivity index (χ1v) is 7.44. The molecule has 0 amide bonds. The minimum absolute atomic E-state index is 0.0402. The first-order chi connectivity index (χ1) is 8.78. The molecule has 0 bridgehead atoms. The van der Waals surface area contributed by atoms with Crippen LogP contribution in [0.3, 0.4) is 0 Å². The van der Waals surface area contributed by atoms with Gasteiger partial charge in [-0.15, -0.1) is 6.42 Å². The Hall–Kier alpha value is -1.36. The van der Waals surface area contributed by atoms with Crippen molar-refractivity contribution in [2.75, 3.05) is 13.1 Å². The van der Waals surface area contributed by atoms with E-state index >= 15 is 0 Å². The summed E-state index contributed by atoms with van der Waals surface area (Å²) >= 11 is 3.19. The fourth-order valence-electron chi connectivity index (χ4n) is 1.47. The number of nitrogens with zero attached hydrogens (tertiary/aromatic N) is 1. The van der Waals surface area contributed by atoms with Crippen LogP contribution in [-0.2, 0) is 14.8 Å². The molecule has 0 aliphatic carbocycles. The van der Waals surface area contributed by atoms with E-state index in [0.29, 0.717) is 10.0 Å². The lowest BCUT2D eigenvalue weighted by molar-refractivity contribution is -0.137. The highest BCUT2D eigenvalue weighted by molar-refractivity contribution is 9.10. The number of carboxylic acids is 1. The summed E-state index contributed by atoms with van der Waals surface area (Å²) in [6, 6.07) is 4.76. The second-order valence-corrected chi connectivity index (χ2v) is 6.60. The van der Waals surface area contributed by atoms with Gasteiger partial charge >= 0.3 is 5.97 Å². The van der Waals surface area contributed by atoms with E-state index in [9.17, 15) is 13.2 Å². The number of aliphatic carboxylic acids is 1. The Morgan fingerprint density at radius 2 is 2.16 bits per heavy atom. The summed E-state index contributed by atoms with van der Waals surface area (Å²) < 4.78 is 26.1. The van der Waals surface area contributed by atoms with Crippen molar-refractivity contribution in [1.29, 1.82) is 0 Å². The Kier molecular flexibility index (Phi) is 5.11. The molecular weight excluding hydrogens is 334 g/mol. The summed E-state index contributed by atoms with van der Waals surface area (Å²) in [5.74, 6) is 0.897. The van der Waals surface area contributed by atoms with E-state index in [1.165, 1.54) is 6.07 Å². The maximum atomic E-state index is 12.4. The van der Waals surface area contributed by atoms with Crippen molar-refractivity contribution >= 4 is 31.9 Å². The van der Waals surface area contributed by atoms with Gasteiger partial charge in [0.05, 0.1) is 11.4 Å². The molecule has 0 unspecified atom stereocenters. The van der Waals surface area contributed by atoms with Crippen molar-refractivity contribution in [1.82, 2.24) is 4.31 Å². The summed E-state index contributed by atoms with van der Waals surface area (Å²) in [4.78, 5) is 10.8. The van der Waals surface area contributed by atoms with Crippen LogP contribution < -0.4 is 0 Å². The van der Waals surface area contributed by atoms with Crippen molar-refractivity contribution in [2.24, 2.45) is 0 Å². The van der Waals surface area contributed by atoms with Crippen LogP contribution in [0.15, 0.2) is 27.6 Å². The number of terminal acetylenes is 1. The molecule has 0 aliphatic rings. The van der Waals surface area contributed by atoms with Gasteiger partial charge in [-0.2, -0.15) is 4.31 Å². The first-order valence-electron chi connectivity index (χ1n) is 5.20. The van der Waals surface area contributed by atoms with E-state index in [-0.39, 0.29) is 11.4 Å². The number of hydrogen-bond donors (Lipinski definition) is 1. The number of aryl methyl sites for hydroxylation is 1. The molecule has 0 aromatic heterocycles. The lowest BCUT2D eigenvalue weighted by atomic mass is 10.2. The third kappa shape index (κ3) is 3.80. The third-order valence-electron chi connectivity index (χ3n) is 2.35. The number of carbonyl (C=O) groups is 1. The van der Waals surface area contributed by atoms with Crippen LogP contribution in [0.5, 0.6) is 0 Å². The van der Waals surface area contributed by atoms with Gasteiger partial charge in [0.25, 0.3) is 0 Å². The number of hydrogen-bond acceptors (Lipinski definition) is 3. The first kappa shape index (κ1) is 15.7. The molecule has 0 fully saturated rings. The van der Waals surface area contributed by atoms with Crippen molar-refractivity contribution in [3.05, 3.63) is 28.2 Å². The van der Waals surface area contributed by atoms with Crippen LogP contribution in [0, 0.1) is 19.3 Å². The molecular formula is C12H12BrNO4S. The standard InChI is InChI=1S/C12H12BrNO4S/c1-3-6-14(8-12(15)16)19(17,18)11-7-10(13)5-4-9(11)2/h1,4-5,7H,6,8H2,2H3,(H,15,16). The zero-order valence-electron chi connectivity index (χ0n) is 10.1. The average molecular weight is 346 g/mol. The van der Waals surface area contributed by atoms with Gasteiger partial charge in [-0.1, -0.05) is 27.9 Å². The predicted molar refractivity (Wildman–Crippen MR) is 74.1 cm³/mol. The summed E-state index contributed by atoms with van der Waals surface area (Å²) in [6.07, 6.45) is 5.09. The quantitative estimate of drug-likeness (QED) is 0.820. The second kappa shape index (κ2) is 6.19. The van der Waals surface area contributed by atoms with Crippen LogP contribution >= 0.6 is 15.9 Å². The van der Waals surface area contributed by atoms with E-state index in [2.05, 4.69) is 21.9 Å². The summed E-state index contributed by atoms with van der Waals surface area (Å²) in [5.41, 5.74) is 0.524. The second-order valence-electron chi connectivity index (χ2n) is 3.78.